The van der Waals surface area contributed by atoms with Crippen molar-refractivity contribution in [3.05, 3.63) is 30.1 Å². The third-order valence-electron chi connectivity index (χ3n) is 1.79. The van der Waals surface area contributed by atoms with E-state index in [0.717, 1.165) is 5.75 Å². The molecule has 1 aromatic carbocycles. The number of hydrogen-bond donors (Lipinski definition) is 2. The van der Waals surface area contributed by atoms with Crippen molar-refractivity contribution in [3.8, 4) is 0 Å². The molecule has 0 spiro atoms. The number of carbonyl (C=O) groups is 1. The van der Waals surface area contributed by atoms with E-state index in [4.69, 9.17) is 5.11 Å². The summed E-state index contributed by atoms with van der Waals surface area (Å²) in [7, 11) is 0. The van der Waals surface area contributed by atoms with Crippen molar-refractivity contribution in [1.82, 2.24) is 0 Å². The number of aliphatic hydroxyl groups excluding tert-OH is 1. The van der Waals surface area contributed by atoms with Gasteiger partial charge >= 0.3 is 0 Å². The summed E-state index contributed by atoms with van der Waals surface area (Å²) in [5.74, 6) is 0.531. The van der Waals surface area contributed by atoms with Crippen molar-refractivity contribution in [2.45, 2.75) is 6.42 Å². The van der Waals surface area contributed by atoms with Gasteiger partial charge in [-0.15, -0.1) is 0 Å². The first-order valence-corrected chi connectivity index (χ1v) is 6.12. The van der Waals surface area contributed by atoms with Gasteiger partial charge in [-0.1, -0.05) is 6.07 Å². The zero-order chi connectivity index (χ0) is 11.8. The Bertz CT molecular complexity index is 347. The first-order valence-electron chi connectivity index (χ1n) is 4.96. The molecular weight excluding hydrogens is 229 g/mol. The van der Waals surface area contributed by atoms with Gasteiger partial charge in [-0.25, -0.2) is 4.39 Å². The van der Waals surface area contributed by atoms with Crippen molar-refractivity contribution in [1.29, 1.82) is 0 Å². The quantitative estimate of drug-likeness (QED) is 0.750. The molecule has 0 atom stereocenters. The molecule has 0 saturated carbocycles. The lowest BCUT2D eigenvalue weighted by molar-refractivity contribution is -0.113. The predicted octanol–water partition coefficient (Wildman–Crippen LogP) is 1.88. The summed E-state index contributed by atoms with van der Waals surface area (Å²) in [6.45, 7) is 0.137. The number of nitrogens with one attached hydrogen (secondary N) is 1. The molecule has 0 heterocycles. The fourth-order valence-electron chi connectivity index (χ4n) is 1.09. The second-order valence-electron chi connectivity index (χ2n) is 3.19. The van der Waals surface area contributed by atoms with E-state index >= 15 is 0 Å². The molecule has 1 rings (SSSR count). The van der Waals surface area contributed by atoms with Crippen LogP contribution in [-0.2, 0) is 4.79 Å². The zero-order valence-electron chi connectivity index (χ0n) is 8.78. The van der Waals surface area contributed by atoms with Crippen LogP contribution in [-0.4, -0.2) is 29.1 Å². The molecule has 3 nitrogen and oxygen atoms in total. The smallest absolute Gasteiger partial charge is 0.234 e. The molecule has 0 bridgehead atoms. The van der Waals surface area contributed by atoms with E-state index in [2.05, 4.69) is 5.32 Å². The van der Waals surface area contributed by atoms with Crippen LogP contribution in [0.4, 0.5) is 10.1 Å². The van der Waals surface area contributed by atoms with Crippen molar-refractivity contribution >= 4 is 23.4 Å². The number of aliphatic hydroxyl groups is 1. The second kappa shape index (κ2) is 7.24. The third kappa shape index (κ3) is 5.14. The number of anilines is 1. The number of amides is 1. The number of carbonyl (C=O) groups excluding carboxylic acids is 1. The highest BCUT2D eigenvalue weighted by Gasteiger charge is 2.02. The Morgan fingerprint density at radius 2 is 2.31 bits per heavy atom. The fourth-order valence-corrected chi connectivity index (χ4v) is 1.83. The molecule has 16 heavy (non-hydrogen) atoms. The molecule has 0 aliphatic carbocycles. The van der Waals surface area contributed by atoms with Crippen LogP contribution in [0, 0.1) is 5.82 Å². The van der Waals surface area contributed by atoms with E-state index in [-0.39, 0.29) is 18.3 Å². The normalized spacial score (nSPS) is 10.1. The Morgan fingerprint density at radius 3 is 3.00 bits per heavy atom. The second-order valence-corrected chi connectivity index (χ2v) is 4.29. The molecule has 2 N–H and O–H groups in total. The Hall–Kier alpha value is -1.07. The summed E-state index contributed by atoms with van der Waals surface area (Å²) < 4.78 is 12.8. The maximum Gasteiger partial charge on any atom is 0.234 e. The molecule has 0 aliphatic heterocycles. The summed E-state index contributed by atoms with van der Waals surface area (Å²) in [4.78, 5) is 11.4. The van der Waals surface area contributed by atoms with Crippen molar-refractivity contribution in [3.63, 3.8) is 0 Å². The van der Waals surface area contributed by atoms with E-state index in [0.29, 0.717) is 17.9 Å². The Morgan fingerprint density at radius 1 is 1.50 bits per heavy atom. The average molecular weight is 243 g/mol. The molecule has 0 aliphatic rings. The number of hydrogen-bond acceptors (Lipinski definition) is 3. The van der Waals surface area contributed by atoms with Crippen LogP contribution in [0.3, 0.4) is 0 Å². The summed E-state index contributed by atoms with van der Waals surface area (Å²) >= 11 is 1.44. The molecule has 0 aromatic heterocycles. The molecule has 0 unspecified atom stereocenters. The first-order chi connectivity index (χ1) is 7.72. The van der Waals surface area contributed by atoms with E-state index in [1.807, 2.05) is 0 Å². The number of benzene rings is 1. The van der Waals surface area contributed by atoms with Gasteiger partial charge in [0.1, 0.15) is 5.82 Å². The SMILES string of the molecule is O=C(CSCCCO)Nc1cccc(F)c1. The molecule has 88 valence electrons. The van der Waals surface area contributed by atoms with Crippen LogP contribution in [0.2, 0.25) is 0 Å². The lowest BCUT2D eigenvalue weighted by atomic mass is 10.3. The van der Waals surface area contributed by atoms with E-state index in [9.17, 15) is 9.18 Å². The van der Waals surface area contributed by atoms with Gasteiger partial charge in [0, 0.05) is 12.3 Å². The topological polar surface area (TPSA) is 49.3 Å². The average Bonchev–Trinajstić information content (AvgIpc) is 2.24. The Kier molecular flexibility index (Phi) is 5.88. The molecular formula is C11H14FNO2S. The van der Waals surface area contributed by atoms with Gasteiger partial charge in [-0.2, -0.15) is 11.8 Å². The maximum absolute atomic E-state index is 12.8. The summed E-state index contributed by atoms with van der Waals surface area (Å²) in [5, 5.41) is 11.1. The van der Waals surface area contributed by atoms with Crippen molar-refractivity contribution < 1.29 is 14.3 Å². The fraction of sp³-hybridized carbons (Fsp3) is 0.364. The van der Waals surface area contributed by atoms with Gasteiger partial charge in [-0.05, 0) is 30.4 Å². The van der Waals surface area contributed by atoms with Gasteiger partial charge in [0.05, 0.1) is 5.75 Å². The molecule has 5 heteroatoms. The minimum Gasteiger partial charge on any atom is -0.396 e. The molecule has 0 radical (unpaired) electrons. The summed E-state index contributed by atoms with van der Waals surface area (Å²) in [6.07, 6.45) is 0.678. The van der Waals surface area contributed by atoms with Gasteiger partial charge in [-0.3, -0.25) is 4.79 Å². The van der Waals surface area contributed by atoms with Crippen LogP contribution >= 0.6 is 11.8 Å². The van der Waals surface area contributed by atoms with Crippen LogP contribution in [0.1, 0.15) is 6.42 Å². The van der Waals surface area contributed by atoms with E-state index in [1.165, 1.54) is 23.9 Å². The minimum atomic E-state index is -0.370. The number of thioether (sulfide) groups is 1. The highest BCUT2D eigenvalue weighted by molar-refractivity contribution is 7.99. The third-order valence-corrected chi connectivity index (χ3v) is 2.83. The zero-order valence-corrected chi connectivity index (χ0v) is 9.60. The van der Waals surface area contributed by atoms with Gasteiger partial charge in [0.15, 0.2) is 0 Å². The van der Waals surface area contributed by atoms with Crippen LogP contribution in [0.25, 0.3) is 0 Å². The van der Waals surface area contributed by atoms with Crippen LogP contribution in [0.15, 0.2) is 24.3 Å². The molecule has 0 saturated heterocycles. The first kappa shape index (κ1) is 13.0. The van der Waals surface area contributed by atoms with Crippen molar-refractivity contribution in [2.24, 2.45) is 0 Å². The molecule has 0 fully saturated rings. The van der Waals surface area contributed by atoms with Crippen molar-refractivity contribution in [2.75, 3.05) is 23.4 Å². The highest BCUT2D eigenvalue weighted by atomic mass is 32.2. The number of halogens is 1. The number of rotatable bonds is 6. The maximum atomic E-state index is 12.8. The van der Waals surface area contributed by atoms with Gasteiger partial charge < -0.3 is 10.4 Å². The largest absolute Gasteiger partial charge is 0.396 e. The summed E-state index contributed by atoms with van der Waals surface area (Å²) in [6, 6.07) is 5.78. The Labute approximate surface area is 98.1 Å². The Balaban J connectivity index is 2.29. The van der Waals surface area contributed by atoms with Gasteiger partial charge in [0.2, 0.25) is 5.91 Å². The predicted molar refractivity (Wildman–Crippen MR) is 64.1 cm³/mol. The monoisotopic (exact) mass is 243 g/mol. The molecule has 1 amide bonds. The van der Waals surface area contributed by atoms with Crippen LogP contribution < -0.4 is 5.32 Å². The lowest BCUT2D eigenvalue weighted by Gasteiger charge is -2.04. The minimum absolute atomic E-state index is 0.137. The van der Waals surface area contributed by atoms with Gasteiger partial charge in [0.25, 0.3) is 0 Å². The van der Waals surface area contributed by atoms with E-state index in [1.54, 1.807) is 12.1 Å². The van der Waals surface area contributed by atoms with E-state index < -0.39 is 0 Å². The summed E-state index contributed by atoms with van der Waals surface area (Å²) in [5.41, 5.74) is 0.466. The standard InChI is InChI=1S/C11H14FNO2S/c12-9-3-1-4-10(7-9)13-11(15)8-16-6-2-5-14/h1,3-4,7,14H,2,5-6,8H2,(H,13,15). The lowest BCUT2D eigenvalue weighted by Crippen LogP contribution is -2.14. The molecule has 1 aromatic rings. The highest BCUT2D eigenvalue weighted by Crippen LogP contribution is 2.10. The van der Waals surface area contributed by atoms with Crippen LogP contribution in [0.5, 0.6) is 0 Å².